The molecular formula is C13H17Cl2F2N3. The Morgan fingerprint density at radius 3 is 2.25 bits per heavy atom. The molecule has 1 aromatic carbocycles. The quantitative estimate of drug-likeness (QED) is 0.929. The lowest BCUT2D eigenvalue weighted by Crippen LogP contribution is -2.45. The number of nitriles is 1. The third-order valence-corrected chi connectivity index (χ3v) is 3.21. The first-order chi connectivity index (χ1) is 8.74. The molecule has 112 valence electrons. The van der Waals surface area contributed by atoms with E-state index in [-0.39, 0.29) is 36.8 Å². The van der Waals surface area contributed by atoms with Crippen LogP contribution >= 0.6 is 24.8 Å². The number of halogens is 4. The van der Waals surface area contributed by atoms with Gasteiger partial charge in [0, 0.05) is 31.7 Å². The molecule has 0 aliphatic carbocycles. The zero-order valence-corrected chi connectivity index (χ0v) is 12.4. The van der Waals surface area contributed by atoms with Crippen LogP contribution < -0.4 is 5.32 Å². The molecule has 0 radical (unpaired) electrons. The Balaban J connectivity index is 0.00000180. The summed E-state index contributed by atoms with van der Waals surface area (Å²) in [7, 11) is 0. The second-order valence-corrected chi connectivity index (χ2v) is 4.30. The highest BCUT2D eigenvalue weighted by Gasteiger charge is 2.26. The number of hydrogen-bond donors (Lipinski definition) is 1. The van der Waals surface area contributed by atoms with Crippen LogP contribution in [0.5, 0.6) is 0 Å². The molecule has 1 fully saturated rings. The smallest absolute Gasteiger partial charge is 0.130 e. The maximum atomic E-state index is 13.8. The zero-order chi connectivity index (χ0) is 13.0. The predicted molar refractivity (Wildman–Crippen MR) is 78.3 cm³/mol. The Bertz CT molecular complexity index is 439. The van der Waals surface area contributed by atoms with Gasteiger partial charge < -0.3 is 5.32 Å². The first-order valence-electron chi connectivity index (χ1n) is 5.99. The van der Waals surface area contributed by atoms with Gasteiger partial charge in [-0.15, -0.1) is 24.8 Å². The maximum Gasteiger partial charge on any atom is 0.130 e. The fourth-order valence-corrected chi connectivity index (χ4v) is 2.32. The third-order valence-electron chi connectivity index (χ3n) is 3.21. The van der Waals surface area contributed by atoms with E-state index in [1.165, 1.54) is 18.2 Å². The molecule has 1 aliphatic heterocycles. The number of nitrogens with one attached hydrogen (secondary N) is 1. The summed E-state index contributed by atoms with van der Waals surface area (Å²) in [6.07, 6.45) is 0.0951. The van der Waals surface area contributed by atoms with E-state index in [2.05, 4.69) is 5.32 Å². The summed E-state index contributed by atoms with van der Waals surface area (Å²) in [5, 5.41) is 12.1. The molecule has 1 aliphatic rings. The van der Waals surface area contributed by atoms with Crippen molar-refractivity contribution < 1.29 is 8.78 Å². The highest BCUT2D eigenvalue weighted by molar-refractivity contribution is 5.85. The van der Waals surface area contributed by atoms with Gasteiger partial charge in [-0.3, -0.25) is 4.90 Å². The van der Waals surface area contributed by atoms with Gasteiger partial charge in [-0.05, 0) is 12.1 Å². The van der Waals surface area contributed by atoms with Gasteiger partial charge in [-0.25, -0.2) is 8.78 Å². The van der Waals surface area contributed by atoms with Gasteiger partial charge >= 0.3 is 0 Å². The molecule has 1 saturated heterocycles. The van der Waals surface area contributed by atoms with Gasteiger partial charge in [0.2, 0.25) is 0 Å². The van der Waals surface area contributed by atoms with Crippen LogP contribution in [0.1, 0.15) is 18.0 Å². The number of rotatable bonds is 3. The van der Waals surface area contributed by atoms with Crippen LogP contribution in [0.4, 0.5) is 8.78 Å². The average molecular weight is 324 g/mol. The highest BCUT2D eigenvalue weighted by atomic mass is 35.5. The number of nitrogens with zero attached hydrogens (tertiary/aromatic N) is 2. The summed E-state index contributed by atoms with van der Waals surface area (Å²) in [5.74, 6) is -1.15. The van der Waals surface area contributed by atoms with E-state index in [9.17, 15) is 8.78 Å². The van der Waals surface area contributed by atoms with Crippen LogP contribution in [0.2, 0.25) is 0 Å². The Morgan fingerprint density at radius 2 is 1.75 bits per heavy atom. The number of benzene rings is 1. The van der Waals surface area contributed by atoms with Crippen LogP contribution in [0, 0.1) is 23.0 Å². The molecule has 1 N–H and O–H groups in total. The van der Waals surface area contributed by atoms with Crippen molar-refractivity contribution >= 4 is 24.8 Å². The monoisotopic (exact) mass is 323 g/mol. The SMILES string of the molecule is Cl.Cl.N#CC[C@H](c1c(F)cccc1F)N1CCNCC1. The van der Waals surface area contributed by atoms with Crippen LogP contribution in [0.3, 0.4) is 0 Å². The van der Waals surface area contributed by atoms with Gasteiger partial charge in [-0.2, -0.15) is 5.26 Å². The van der Waals surface area contributed by atoms with E-state index in [4.69, 9.17) is 5.26 Å². The molecule has 3 nitrogen and oxygen atoms in total. The molecule has 1 atom stereocenters. The van der Waals surface area contributed by atoms with Gasteiger partial charge in [0.05, 0.1) is 18.5 Å². The molecule has 1 heterocycles. The van der Waals surface area contributed by atoms with Crippen molar-refractivity contribution in [2.24, 2.45) is 0 Å². The molecule has 7 heteroatoms. The first kappa shape index (κ1) is 19.1. The molecule has 0 aromatic heterocycles. The van der Waals surface area contributed by atoms with E-state index in [1.54, 1.807) is 0 Å². The molecular weight excluding hydrogens is 307 g/mol. The van der Waals surface area contributed by atoms with Gasteiger partial charge in [0.25, 0.3) is 0 Å². The zero-order valence-electron chi connectivity index (χ0n) is 10.8. The number of piperazine rings is 1. The largest absolute Gasteiger partial charge is 0.314 e. The lowest BCUT2D eigenvalue weighted by Gasteiger charge is -2.34. The fraction of sp³-hybridized carbons (Fsp3) is 0.462. The average Bonchev–Trinajstić information content (AvgIpc) is 2.38. The number of hydrogen-bond acceptors (Lipinski definition) is 3. The lowest BCUT2D eigenvalue weighted by molar-refractivity contribution is 0.169. The second kappa shape index (κ2) is 9.09. The van der Waals surface area contributed by atoms with Gasteiger partial charge in [0.15, 0.2) is 0 Å². The Hall–Kier alpha value is -0.930. The molecule has 0 unspecified atom stereocenters. The molecule has 0 spiro atoms. The topological polar surface area (TPSA) is 39.1 Å². The first-order valence-corrected chi connectivity index (χ1v) is 5.99. The summed E-state index contributed by atoms with van der Waals surface area (Å²) in [4.78, 5) is 1.96. The van der Waals surface area contributed by atoms with Gasteiger partial charge in [0.1, 0.15) is 11.6 Å². The van der Waals surface area contributed by atoms with Crippen LogP contribution in [0.25, 0.3) is 0 Å². The minimum Gasteiger partial charge on any atom is -0.314 e. The third kappa shape index (κ3) is 4.29. The summed E-state index contributed by atoms with van der Waals surface area (Å²) in [5.41, 5.74) is 0.0148. The van der Waals surface area contributed by atoms with Crippen molar-refractivity contribution in [3.63, 3.8) is 0 Å². The van der Waals surface area contributed by atoms with Crippen molar-refractivity contribution in [1.82, 2.24) is 10.2 Å². The van der Waals surface area contributed by atoms with Crippen molar-refractivity contribution in [3.8, 4) is 6.07 Å². The lowest BCUT2D eigenvalue weighted by atomic mass is 10.0. The van der Waals surface area contributed by atoms with Crippen molar-refractivity contribution in [1.29, 1.82) is 5.26 Å². The molecule has 0 bridgehead atoms. The Morgan fingerprint density at radius 1 is 1.20 bits per heavy atom. The van der Waals surface area contributed by atoms with Gasteiger partial charge in [-0.1, -0.05) is 6.07 Å². The second-order valence-electron chi connectivity index (χ2n) is 4.30. The predicted octanol–water partition coefficient (Wildman–Crippen LogP) is 2.67. The summed E-state index contributed by atoms with van der Waals surface area (Å²) < 4.78 is 27.6. The van der Waals surface area contributed by atoms with Crippen LogP contribution in [-0.2, 0) is 0 Å². The van der Waals surface area contributed by atoms with E-state index in [0.29, 0.717) is 13.1 Å². The summed E-state index contributed by atoms with van der Waals surface area (Å²) >= 11 is 0. The van der Waals surface area contributed by atoms with E-state index < -0.39 is 17.7 Å². The van der Waals surface area contributed by atoms with Crippen molar-refractivity contribution in [2.45, 2.75) is 12.5 Å². The van der Waals surface area contributed by atoms with Crippen molar-refractivity contribution in [3.05, 3.63) is 35.4 Å². The van der Waals surface area contributed by atoms with Crippen LogP contribution in [-0.4, -0.2) is 31.1 Å². The minimum atomic E-state index is -0.575. The standard InChI is InChI=1S/C13H15F2N3.2ClH/c14-10-2-1-3-11(15)13(10)12(4-5-16)18-8-6-17-7-9-18;;/h1-3,12,17H,4,6-9H2;2*1H/t12-;;/m1../s1. The van der Waals surface area contributed by atoms with E-state index in [0.717, 1.165) is 13.1 Å². The molecule has 0 saturated carbocycles. The molecule has 2 rings (SSSR count). The Labute approximate surface area is 129 Å². The normalized spacial score (nSPS) is 16.4. The van der Waals surface area contributed by atoms with E-state index in [1.807, 2.05) is 11.0 Å². The fourth-order valence-electron chi connectivity index (χ4n) is 2.32. The molecule has 0 amide bonds. The summed E-state index contributed by atoms with van der Waals surface area (Å²) in [6.45, 7) is 2.94. The molecule has 20 heavy (non-hydrogen) atoms. The van der Waals surface area contributed by atoms with E-state index >= 15 is 0 Å². The van der Waals surface area contributed by atoms with Crippen LogP contribution in [0.15, 0.2) is 18.2 Å². The minimum absolute atomic E-state index is 0. The summed E-state index contributed by atoms with van der Waals surface area (Å²) in [6, 6.07) is 5.35. The Kier molecular flexibility index (Phi) is 8.67. The highest BCUT2D eigenvalue weighted by Crippen LogP contribution is 2.28. The van der Waals surface area contributed by atoms with Crippen molar-refractivity contribution in [2.75, 3.05) is 26.2 Å². The maximum absolute atomic E-state index is 13.8. The molecule has 1 aromatic rings.